The van der Waals surface area contributed by atoms with Gasteiger partial charge in [0.1, 0.15) is 0 Å². The molecule has 0 aliphatic heterocycles. The lowest BCUT2D eigenvalue weighted by molar-refractivity contribution is 0.779. The normalized spacial score (nSPS) is 14.3. The Labute approximate surface area is 99.7 Å². The fourth-order valence-electron chi connectivity index (χ4n) is 1.21. The van der Waals surface area contributed by atoms with Crippen molar-refractivity contribution in [2.45, 2.75) is 26.8 Å². The SMILES string of the molecule is CC(C)C(N)=NC(C)c1cccc(Br)c1. The van der Waals surface area contributed by atoms with Crippen LogP contribution in [0.1, 0.15) is 32.4 Å². The minimum Gasteiger partial charge on any atom is -0.387 e. The fraction of sp³-hybridized carbons (Fsp3) is 0.417. The van der Waals surface area contributed by atoms with Crippen LogP contribution in [0.15, 0.2) is 33.7 Å². The second kappa shape index (κ2) is 5.31. The van der Waals surface area contributed by atoms with E-state index >= 15 is 0 Å². The van der Waals surface area contributed by atoms with Gasteiger partial charge in [0.05, 0.1) is 11.9 Å². The molecule has 3 heteroatoms. The van der Waals surface area contributed by atoms with E-state index in [-0.39, 0.29) is 6.04 Å². The third kappa shape index (κ3) is 3.67. The van der Waals surface area contributed by atoms with Crippen LogP contribution in [-0.2, 0) is 0 Å². The van der Waals surface area contributed by atoms with Crippen molar-refractivity contribution in [1.82, 2.24) is 0 Å². The van der Waals surface area contributed by atoms with Gasteiger partial charge in [-0.25, -0.2) is 0 Å². The molecule has 2 N–H and O–H groups in total. The molecular formula is C12H17BrN2. The van der Waals surface area contributed by atoms with Gasteiger partial charge in [0, 0.05) is 10.4 Å². The average molecular weight is 269 g/mol. The molecule has 1 atom stereocenters. The predicted octanol–water partition coefficient (Wildman–Crippen LogP) is 3.52. The Hall–Kier alpha value is -0.830. The van der Waals surface area contributed by atoms with Crippen LogP contribution in [0.2, 0.25) is 0 Å². The number of halogens is 1. The lowest BCUT2D eigenvalue weighted by Crippen LogP contribution is -2.19. The van der Waals surface area contributed by atoms with Crippen LogP contribution in [0.25, 0.3) is 0 Å². The second-order valence-corrected chi connectivity index (χ2v) is 4.86. The number of amidine groups is 1. The lowest BCUT2D eigenvalue weighted by Gasteiger charge is -2.11. The van der Waals surface area contributed by atoms with Crippen LogP contribution in [0.3, 0.4) is 0 Å². The van der Waals surface area contributed by atoms with Crippen LogP contribution >= 0.6 is 15.9 Å². The van der Waals surface area contributed by atoms with E-state index < -0.39 is 0 Å². The van der Waals surface area contributed by atoms with E-state index in [2.05, 4.69) is 40.0 Å². The number of aliphatic imine (C=N–C) groups is 1. The van der Waals surface area contributed by atoms with Gasteiger partial charge in [-0.3, -0.25) is 4.99 Å². The highest BCUT2D eigenvalue weighted by Crippen LogP contribution is 2.20. The van der Waals surface area contributed by atoms with Gasteiger partial charge in [-0.15, -0.1) is 0 Å². The fourth-order valence-corrected chi connectivity index (χ4v) is 1.63. The van der Waals surface area contributed by atoms with E-state index in [4.69, 9.17) is 5.73 Å². The van der Waals surface area contributed by atoms with Crippen LogP contribution in [0, 0.1) is 5.92 Å². The van der Waals surface area contributed by atoms with Crippen LogP contribution in [0.5, 0.6) is 0 Å². The first-order valence-corrected chi connectivity index (χ1v) is 5.88. The number of benzene rings is 1. The zero-order chi connectivity index (χ0) is 11.4. The summed E-state index contributed by atoms with van der Waals surface area (Å²) in [5.41, 5.74) is 7.01. The summed E-state index contributed by atoms with van der Waals surface area (Å²) in [6, 6.07) is 8.27. The summed E-state index contributed by atoms with van der Waals surface area (Å²) in [7, 11) is 0. The third-order valence-corrected chi connectivity index (χ3v) is 2.76. The molecule has 0 heterocycles. The minimum atomic E-state index is 0.116. The summed E-state index contributed by atoms with van der Waals surface area (Å²) in [4.78, 5) is 4.46. The van der Waals surface area contributed by atoms with Crippen LogP contribution < -0.4 is 5.73 Å². The predicted molar refractivity (Wildman–Crippen MR) is 69.0 cm³/mol. The number of nitrogens with zero attached hydrogens (tertiary/aromatic N) is 1. The van der Waals surface area contributed by atoms with Crippen molar-refractivity contribution >= 4 is 21.8 Å². The van der Waals surface area contributed by atoms with Crippen LogP contribution in [0.4, 0.5) is 0 Å². The third-order valence-electron chi connectivity index (χ3n) is 2.27. The Morgan fingerprint density at radius 3 is 2.53 bits per heavy atom. The van der Waals surface area contributed by atoms with E-state index in [1.165, 1.54) is 5.56 Å². The molecule has 0 aliphatic carbocycles. The monoisotopic (exact) mass is 268 g/mol. The molecule has 0 amide bonds. The molecule has 0 aromatic heterocycles. The average Bonchev–Trinajstić information content (AvgIpc) is 2.17. The highest BCUT2D eigenvalue weighted by Gasteiger charge is 2.06. The molecule has 0 radical (unpaired) electrons. The molecular weight excluding hydrogens is 252 g/mol. The quantitative estimate of drug-likeness (QED) is 0.661. The molecule has 1 unspecified atom stereocenters. The van der Waals surface area contributed by atoms with Gasteiger partial charge in [0.25, 0.3) is 0 Å². The first-order valence-electron chi connectivity index (χ1n) is 5.09. The molecule has 0 fully saturated rings. The van der Waals surface area contributed by atoms with Crippen molar-refractivity contribution in [2.24, 2.45) is 16.6 Å². The Bertz CT molecular complexity index is 358. The Balaban J connectivity index is 2.86. The summed E-state index contributed by atoms with van der Waals surface area (Å²) in [6.45, 7) is 6.15. The first kappa shape index (κ1) is 12.2. The second-order valence-electron chi connectivity index (χ2n) is 3.94. The Morgan fingerprint density at radius 2 is 2.00 bits per heavy atom. The maximum atomic E-state index is 5.83. The van der Waals surface area contributed by atoms with Gasteiger partial charge in [0.15, 0.2) is 0 Å². The largest absolute Gasteiger partial charge is 0.387 e. The van der Waals surface area contributed by atoms with Crippen LogP contribution in [-0.4, -0.2) is 5.84 Å². The molecule has 2 nitrogen and oxygen atoms in total. The highest BCUT2D eigenvalue weighted by molar-refractivity contribution is 9.10. The van der Waals surface area contributed by atoms with E-state index in [0.29, 0.717) is 11.8 Å². The summed E-state index contributed by atoms with van der Waals surface area (Å²) >= 11 is 3.45. The van der Waals surface area contributed by atoms with Gasteiger partial charge in [-0.2, -0.15) is 0 Å². The topological polar surface area (TPSA) is 38.4 Å². The summed E-state index contributed by atoms with van der Waals surface area (Å²) in [6.07, 6.45) is 0. The molecule has 0 bridgehead atoms. The van der Waals surface area contributed by atoms with E-state index in [1.54, 1.807) is 0 Å². The smallest absolute Gasteiger partial charge is 0.0970 e. The van der Waals surface area contributed by atoms with Crippen molar-refractivity contribution in [1.29, 1.82) is 0 Å². The number of rotatable bonds is 3. The summed E-state index contributed by atoms with van der Waals surface area (Å²) < 4.78 is 1.07. The van der Waals surface area contributed by atoms with E-state index in [1.807, 2.05) is 26.0 Å². The number of hydrogen-bond acceptors (Lipinski definition) is 1. The van der Waals surface area contributed by atoms with Gasteiger partial charge >= 0.3 is 0 Å². The molecule has 1 aromatic carbocycles. The maximum Gasteiger partial charge on any atom is 0.0970 e. The van der Waals surface area contributed by atoms with Crippen molar-refractivity contribution in [3.63, 3.8) is 0 Å². The molecule has 1 aromatic rings. The minimum absolute atomic E-state index is 0.116. The molecule has 0 aliphatic rings. The molecule has 0 saturated carbocycles. The lowest BCUT2D eigenvalue weighted by atomic mass is 10.1. The number of nitrogens with two attached hydrogens (primary N) is 1. The highest BCUT2D eigenvalue weighted by atomic mass is 79.9. The summed E-state index contributed by atoms with van der Waals surface area (Å²) in [5.74, 6) is 1.02. The van der Waals surface area contributed by atoms with Crippen molar-refractivity contribution in [3.05, 3.63) is 34.3 Å². The Kier molecular flexibility index (Phi) is 4.33. The Morgan fingerprint density at radius 1 is 1.33 bits per heavy atom. The first-order chi connectivity index (χ1) is 7.00. The summed E-state index contributed by atoms with van der Waals surface area (Å²) in [5, 5.41) is 0. The number of hydrogen-bond donors (Lipinski definition) is 1. The van der Waals surface area contributed by atoms with Crippen molar-refractivity contribution in [3.8, 4) is 0 Å². The van der Waals surface area contributed by atoms with E-state index in [0.717, 1.165) is 4.47 Å². The standard InChI is InChI=1S/C12H17BrN2/c1-8(2)12(14)15-9(3)10-5-4-6-11(13)7-10/h4-9H,1-3H3,(H2,14,15). The maximum absolute atomic E-state index is 5.83. The molecule has 0 saturated heterocycles. The zero-order valence-electron chi connectivity index (χ0n) is 9.37. The van der Waals surface area contributed by atoms with Gasteiger partial charge in [0.2, 0.25) is 0 Å². The molecule has 0 spiro atoms. The molecule has 82 valence electrons. The zero-order valence-corrected chi connectivity index (χ0v) is 11.0. The van der Waals surface area contributed by atoms with Gasteiger partial charge < -0.3 is 5.73 Å². The molecule has 1 rings (SSSR count). The van der Waals surface area contributed by atoms with Crippen molar-refractivity contribution in [2.75, 3.05) is 0 Å². The van der Waals surface area contributed by atoms with Crippen molar-refractivity contribution < 1.29 is 0 Å². The van der Waals surface area contributed by atoms with E-state index in [9.17, 15) is 0 Å². The van der Waals surface area contributed by atoms with Gasteiger partial charge in [-0.05, 0) is 24.6 Å². The molecule has 15 heavy (non-hydrogen) atoms. The van der Waals surface area contributed by atoms with Gasteiger partial charge in [-0.1, -0.05) is 41.9 Å².